The van der Waals surface area contributed by atoms with Gasteiger partial charge in [0.2, 0.25) is 0 Å². The van der Waals surface area contributed by atoms with E-state index in [-0.39, 0.29) is 11.2 Å². The van der Waals surface area contributed by atoms with Crippen molar-refractivity contribution < 1.29 is 0 Å². The average Bonchev–Trinajstić information content (AvgIpc) is 3.09. The van der Waals surface area contributed by atoms with Crippen LogP contribution in [-0.4, -0.2) is 30.6 Å². The van der Waals surface area contributed by atoms with E-state index in [9.17, 15) is 9.59 Å². The summed E-state index contributed by atoms with van der Waals surface area (Å²) in [6.07, 6.45) is 0. The molecule has 2 heterocycles. The lowest BCUT2D eigenvalue weighted by atomic mass is 10.1. The van der Waals surface area contributed by atoms with E-state index in [1.54, 1.807) is 7.05 Å². The van der Waals surface area contributed by atoms with Crippen LogP contribution in [-0.2, 0) is 33.7 Å². The first-order chi connectivity index (χ1) is 14.8. The van der Waals surface area contributed by atoms with Crippen molar-refractivity contribution in [3.63, 3.8) is 0 Å². The van der Waals surface area contributed by atoms with Crippen molar-refractivity contribution in [2.75, 3.05) is 7.05 Å². The summed E-state index contributed by atoms with van der Waals surface area (Å²) in [5.41, 5.74) is 3.62. The smallest absolute Gasteiger partial charge is 0.317 e. The lowest BCUT2D eigenvalue weighted by Gasteiger charge is -2.18. The zero-order valence-electron chi connectivity index (χ0n) is 18.4. The van der Waals surface area contributed by atoms with Crippen LogP contribution in [0.25, 0.3) is 11.2 Å². The molecule has 0 radical (unpaired) electrons. The highest BCUT2D eigenvalue weighted by Crippen LogP contribution is 2.17. The molecule has 0 atom stereocenters. The Hall–Kier alpha value is -3.45. The predicted octanol–water partition coefficient (Wildman–Crippen LogP) is 2.42. The molecule has 0 aliphatic rings. The fourth-order valence-electron chi connectivity index (χ4n) is 3.97. The van der Waals surface area contributed by atoms with Crippen molar-refractivity contribution in [3.05, 3.63) is 98.0 Å². The topological polar surface area (TPSA) is 65.1 Å². The van der Waals surface area contributed by atoms with Crippen molar-refractivity contribution in [1.29, 1.82) is 0 Å². The summed E-state index contributed by atoms with van der Waals surface area (Å²) in [7, 11) is 5.20. The van der Waals surface area contributed by atoms with Gasteiger partial charge in [0.1, 0.15) is 5.82 Å². The largest absolute Gasteiger partial charge is 0.332 e. The summed E-state index contributed by atoms with van der Waals surface area (Å²) >= 11 is 0. The maximum Gasteiger partial charge on any atom is 0.332 e. The van der Waals surface area contributed by atoms with Gasteiger partial charge in [-0.25, -0.2) is 9.78 Å². The number of rotatable bonds is 6. The normalized spacial score (nSPS) is 11.5. The summed E-state index contributed by atoms with van der Waals surface area (Å²) in [4.78, 5) is 32.4. The Balaban J connectivity index is 1.81. The van der Waals surface area contributed by atoms with Gasteiger partial charge in [-0.15, -0.1) is 0 Å². The Kier molecular flexibility index (Phi) is 5.61. The average molecular weight is 418 g/mol. The standard InChI is InChI=1S/C24H27N5O2/c1-17-9-8-12-19(13-17)15-29-20(16-26(2)14-18-10-6-5-7-11-18)25-22-21(29)23(30)28(4)24(31)27(22)3/h5-13H,14-16H2,1-4H3. The molecular weight excluding hydrogens is 390 g/mol. The number of hydrogen-bond acceptors (Lipinski definition) is 4. The van der Waals surface area contributed by atoms with Gasteiger partial charge in [0, 0.05) is 27.2 Å². The zero-order valence-corrected chi connectivity index (χ0v) is 18.4. The maximum absolute atomic E-state index is 13.0. The van der Waals surface area contributed by atoms with Gasteiger partial charge in [-0.05, 0) is 25.1 Å². The molecule has 7 heteroatoms. The molecule has 0 amide bonds. The molecule has 0 N–H and O–H groups in total. The van der Waals surface area contributed by atoms with Crippen LogP contribution in [0.15, 0.2) is 64.2 Å². The molecule has 0 unspecified atom stereocenters. The van der Waals surface area contributed by atoms with Crippen LogP contribution in [0.1, 0.15) is 22.5 Å². The SMILES string of the molecule is Cc1cccc(Cn2c(CN(C)Cc3ccccc3)nc3c2c(=O)n(C)c(=O)n3C)c1. The number of aryl methyl sites for hydroxylation is 2. The van der Waals surface area contributed by atoms with Gasteiger partial charge in [-0.2, -0.15) is 0 Å². The second-order valence-corrected chi connectivity index (χ2v) is 8.14. The molecule has 2 aromatic carbocycles. The van der Waals surface area contributed by atoms with E-state index in [4.69, 9.17) is 4.98 Å². The van der Waals surface area contributed by atoms with Crippen molar-refractivity contribution in [3.8, 4) is 0 Å². The molecule has 0 saturated carbocycles. The van der Waals surface area contributed by atoms with E-state index < -0.39 is 0 Å². The number of nitrogens with zero attached hydrogens (tertiary/aromatic N) is 5. The van der Waals surface area contributed by atoms with Gasteiger partial charge in [0.25, 0.3) is 5.56 Å². The maximum atomic E-state index is 13.0. The van der Waals surface area contributed by atoms with E-state index in [0.29, 0.717) is 24.3 Å². The predicted molar refractivity (Wildman–Crippen MR) is 122 cm³/mol. The van der Waals surface area contributed by atoms with Gasteiger partial charge in [0.15, 0.2) is 11.2 Å². The number of aromatic nitrogens is 4. The summed E-state index contributed by atoms with van der Waals surface area (Å²) in [5.74, 6) is 0.758. The van der Waals surface area contributed by atoms with Crippen molar-refractivity contribution in [2.24, 2.45) is 14.1 Å². The Bertz CT molecular complexity index is 1350. The molecule has 2 aromatic heterocycles. The summed E-state index contributed by atoms with van der Waals surface area (Å²) in [6.45, 7) is 3.87. The number of imidazole rings is 1. The molecule has 0 aliphatic carbocycles. The van der Waals surface area contributed by atoms with Crippen LogP contribution in [0.4, 0.5) is 0 Å². The third-order valence-electron chi connectivity index (χ3n) is 5.56. The number of hydrogen-bond donors (Lipinski definition) is 0. The monoisotopic (exact) mass is 417 g/mol. The number of benzene rings is 2. The zero-order chi connectivity index (χ0) is 22.1. The third-order valence-corrected chi connectivity index (χ3v) is 5.56. The molecule has 4 aromatic rings. The van der Waals surface area contributed by atoms with Gasteiger partial charge >= 0.3 is 5.69 Å². The Morgan fingerprint density at radius 1 is 0.903 bits per heavy atom. The minimum Gasteiger partial charge on any atom is -0.317 e. The van der Waals surface area contributed by atoms with E-state index in [2.05, 4.69) is 23.1 Å². The number of fused-ring (bicyclic) bond motifs is 1. The molecule has 7 nitrogen and oxygen atoms in total. The summed E-state index contributed by atoms with van der Waals surface area (Å²) in [6, 6.07) is 18.4. The van der Waals surface area contributed by atoms with Crippen molar-refractivity contribution in [1.82, 2.24) is 23.6 Å². The van der Waals surface area contributed by atoms with Crippen LogP contribution >= 0.6 is 0 Å². The highest BCUT2D eigenvalue weighted by atomic mass is 16.2. The van der Waals surface area contributed by atoms with Crippen molar-refractivity contribution in [2.45, 2.75) is 26.6 Å². The lowest BCUT2D eigenvalue weighted by molar-refractivity contribution is 0.306. The molecule has 0 spiro atoms. The minimum absolute atomic E-state index is 0.324. The molecular formula is C24H27N5O2. The first-order valence-corrected chi connectivity index (χ1v) is 10.3. The van der Waals surface area contributed by atoms with Crippen LogP contribution in [0.5, 0.6) is 0 Å². The molecule has 0 aliphatic heterocycles. The first kappa shape index (κ1) is 20.8. The molecule has 160 valence electrons. The van der Waals surface area contributed by atoms with Crippen LogP contribution in [0, 0.1) is 6.92 Å². The first-order valence-electron chi connectivity index (χ1n) is 10.3. The molecule has 0 bridgehead atoms. The minimum atomic E-state index is -0.373. The van der Waals surface area contributed by atoms with Crippen LogP contribution in [0.2, 0.25) is 0 Å². The quantitative estimate of drug-likeness (QED) is 0.483. The fraction of sp³-hybridized carbons (Fsp3) is 0.292. The van der Waals surface area contributed by atoms with Crippen molar-refractivity contribution >= 4 is 11.2 Å². The Labute approximate surface area is 180 Å². The summed E-state index contributed by atoms with van der Waals surface area (Å²) in [5, 5.41) is 0. The van der Waals surface area contributed by atoms with E-state index in [0.717, 1.165) is 28.1 Å². The lowest BCUT2D eigenvalue weighted by Crippen LogP contribution is -2.37. The molecule has 31 heavy (non-hydrogen) atoms. The Morgan fingerprint density at radius 3 is 2.32 bits per heavy atom. The van der Waals surface area contributed by atoms with E-state index >= 15 is 0 Å². The van der Waals surface area contributed by atoms with E-state index in [1.165, 1.54) is 17.2 Å². The van der Waals surface area contributed by atoms with E-state index in [1.807, 2.05) is 54.9 Å². The fourth-order valence-corrected chi connectivity index (χ4v) is 3.97. The summed E-state index contributed by atoms with van der Waals surface area (Å²) < 4.78 is 4.55. The molecule has 0 fully saturated rings. The highest BCUT2D eigenvalue weighted by Gasteiger charge is 2.20. The Morgan fingerprint density at radius 2 is 1.61 bits per heavy atom. The van der Waals surface area contributed by atoms with Gasteiger partial charge in [0.05, 0.1) is 6.54 Å². The van der Waals surface area contributed by atoms with Gasteiger partial charge in [-0.3, -0.25) is 18.8 Å². The molecule has 4 rings (SSSR count). The second-order valence-electron chi connectivity index (χ2n) is 8.14. The molecule has 0 saturated heterocycles. The van der Waals surface area contributed by atoms with Gasteiger partial charge < -0.3 is 4.57 Å². The van der Waals surface area contributed by atoms with Crippen LogP contribution in [0.3, 0.4) is 0 Å². The third kappa shape index (κ3) is 4.09. The highest BCUT2D eigenvalue weighted by molar-refractivity contribution is 5.71. The van der Waals surface area contributed by atoms with Crippen LogP contribution < -0.4 is 11.2 Å². The second kappa shape index (κ2) is 8.35. The van der Waals surface area contributed by atoms with Gasteiger partial charge in [-0.1, -0.05) is 60.2 Å².